The SMILES string of the molecule is Nc1ncnn2cc(C(=O)O)c(-c3ccc(NC(=O)Nc4cc(C(F)(F)F)ccc4F)cc3)c12. The maximum absolute atomic E-state index is 13.9. The molecule has 4 aromatic rings. The summed E-state index contributed by atoms with van der Waals surface area (Å²) in [6, 6.07) is 6.50. The summed E-state index contributed by atoms with van der Waals surface area (Å²) in [5.41, 5.74) is 5.22. The molecule has 0 bridgehead atoms. The minimum Gasteiger partial charge on any atom is -0.478 e. The highest BCUT2D eigenvalue weighted by molar-refractivity contribution is 6.04. The highest BCUT2D eigenvalue weighted by Gasteiger charge is 2.31. The first kappa shape index (κ1) is 22.5. The molecular weight excluding hydrogens is 460 g/mol. The van der Waals surface area contributed by atoms with Gasteiger partial charge in [-0.1, -0.05) is 12.1 Å². The zero-order chi connectivity index (χ0) is 24.6. The number of aromatic carboxylic acids is 1. The van der Waals surface area contributed by atoms with E-state index in [1.165, 1.54) is 41.3 Å². The van der Waals surface area contributed by atoms with E-state index in [4.69, 9.17) is 5.73 Å². The number of aromatic nitrogens is 3. The fourth-order valence-corrected chi connectivity index (χ4v) is 3.29. The molecule has 0 aliphatic heterocycles. The number of nitrogens with one attached hydrogen (secondary N) is 2. The van der Waals surface area contributed by atoms with E-state index >= 15 is 0 Å². The van der Waals surface area contributed by atoms with Crippen LogP contribution in [0.1, 0.15) is 15.9 Å². The number of nitrogens with zero attached hydrogens (tertiary/aromatic N) is 3. The van der Waals surface area contributed by atoms with Crippen molar-refractivity contribution in [3.05, 3.63) is 71.9 Å². The van der Waals surface area contributed by atoms with Gasteiger partial charge in [0, 0.05) is 17.4 Å². The first-order valence-corrected chi connectivity index (χ1v) is 9.45. The topological polar surface area (TPSA) is 135 Å². The number of nitrogen functional groups attached to an aromatic ring is 1. The number of nitrogens with two attached hydrogens (primary N) is 1. The number of fused-ring (bicyclic) bond motifs is 1. The molecule has 0 unspecified atom stereocenters. The largest absolute Gasteiger partial charge is 0.478 e. The zero-order valence-electron chi connectivity index (χ0n) is 16.9. The van der Waals surface area contributed by atoms with E-state index in [1.54, 1.807) is 0 Å². The predicted molar refractivity (Wildman–Crippen MR) is 114 cm³/mol. The normalized spacial score (nSPS) is 11.4. The number of rotatable bonds is 4. The molecule has 0 saturated heterocycles. The number of carbonyl (C=O) groups is 2. The van der Waals surface area contributed by atoms with Crippen LogP contribution in [0.3, 0.4) is 0 Å². The zero-order valence-corrected chi connectivity index (χ0v) is 16.9. The van der Waals surface area contributed by atoms with Crippen molar-refractivity contribution in [1.82, 2.24) is 14.6 Å². The van der Waals surface area contributed by atoms with Crippen LogP contribution >= 0.6 is 0 Å². The van der Waals surface area contributed by atoms with Crippen LogP contribution < -0.4 is 16.4 Å². The van der Waals surface area contributed by atoms with Gasteiger partial charge in [0.1, 0.15) is 17.7 Å². The van der Waals surface area contributed by atoms with Crippen molar-refractivity contribution >= 4 is 34.7 Å². The van der Waals surface area contributed by atoms with E-state index in [0.717, 1.165) is 0 Å². The van der Waals surface area contributed by atoms with Crippen molar-refractivity contribution in [3.63, 3.8) is 0 Å². The van der Waals surface area contributed by atoms with E-state index in [1.807, 2.05) is 5.32 Å². The van der Waals surface area contributed by atoms with Crippen LogP contribution in [0.25, 0.3) is 16.6 Å². The van der Waals surface area contributed by atoms with Gasteiger partial charge < -0.3 is 21.5 Å². The minimum absolute atomic E-state index is 0.0576. The van der Waals surface area contributed by atoms with Gasteiger partial charge in [0.2, 0.25) is 0 Å². The Kier molecular flexibility index (Phi) is 5.53. The van der Waals surface area contributed by atoms with Crippen molar-refractivity contribution in [1.29, 1.82) is 0 Å². The molecule has 34 heavy (non-hydrogen) atoms. The lowest BCUT2D eigenvalue weighted by Crippen LogP contribution is -2.20. The second-order valence-corrected chi connectivity index (χ2v) is 7.01. The van der Waals surface area contributed by atoms with Crippen molar-refractivity contribution in [2.75, 3.05) is 16.4 Å². The molecule has 0 saturated carbocycles. The van der Waals surface area contributed by atoms with E-state index in [9.17, 15) is 32.3 Å². The summed E-state index contributed by atoms with van der Waals surface area (Å²) < 4.78 is 53.6. The van der Waals surface area contributed by atoms with Gasteiger partial charge in [-0.05, 0) is 35.9 Å². The number of carbonyl (C=O) groups excluding carboxylic acids is 1. The molecular formula is C21H14F4N6O3. The number of benzene rings is 2. The first-order valence-electron chi connectivity index (χ1n) is 9.45. The molecule has 5 N–H and O–H groups in total. The Hall–Kier alpha value is -4.68. The monoisotopic (exact) mass is 474 g/mol. The molecule has 2 aromatic heterocycles. The number of amides is 2. The molecule has 2 amide bonds. The van der Waals surface area contributed by atoms with E-state index in [0.29, 0.717) is 23.8 Å². The number of hydrogen-bond donors (Lipinski definition) is 4. The van der Waals surface area contributed by atoms with E-state index in [2.05, 4.69) is 15.4 Å². The van der Waals surface area contributed by atoms with Gasteiger partial charge in [-0.3, -0.25) is 0 Å². The second kappa shape index (κ2) is 8.35. The number of urea groups is 1. The molecule has 0 aliphatic rings. The van der Waals surface area contributed by atoms with Crippen LogP contribution in [0.2, 0.25) is 0 Å². The average Bonchev–Trinajstić information content (AvgIpc) is 3.16. The van der Waals surface area contributed by atoms with Gasteiger partial charge in [-0.25, -0.2) is 23.5 Å². The van der Waals surface area contributed by atoms with Crippen LogP contribution in [-0.4, -0.2) is 31.7 Å². The summed E-state index contributed by atoms with van der Waals surface area (Å²) in [5.74, 6) is -2.20. The Morgan fingerprint density at radius 2 is 1.76 bits per heavy atom. The summed E-state index contributed by atoms with van der Waals surface area (Å²) >= 11 is 0. The van der Waals surface area contributed by atoms with Crippen molar-refractivity contribution in [2.24, 2.45) is 0 Å². The molecule has 13 heteroatoms. The summed E-state index contributed by atoms with van der Waals surface area (Å²) in [4.78, 5) is 27.8. The Morgan fingerprint density at radius 3 is 2.41 bits per heavy atom. The van der Waals surface area contributed by atoms with E-state index < -0.39 is 35.2 Å². The van der Waals surface area contributed by atoms with Crippen LogP contribution in [0.4, 0.5) is 39.5 Å². The standard InChI is InChI=1S/C21H14F4N6O3/c22-14-6-3-11(21(23,24)25)7-15(14)30-20(34)29-12-4-1-10(2-5-12)16-13(19(32)33)8-31-17(16)18(26)27-9-28-31/h1-9H,(H,32,33)(H2,26,27,28)(H2,29,30,34). The number of carboxylic acid groups (broad SMARTS) is 1. The molecule has 0 fully saturated rings. The molecule has 0 atom stereocenters. The first-order chi connectivity index (χ1) is 16.0. The Morgan fingerprint density at radius 1 is 1.06 bits per heavy atom. The third-order valence-electron chi connectivity index (χ3n) is 4.81. The van der Waals surface area contributed by atoms with Crippen molar-refractivity contribution < 1.29 is 32.3 Å². The van der Waals surface area contributed by atoms with Gasteiger partial charge in [-0.2, -0.15) is 18.3 Å². The van der Waals surface area contributed by atoms with Gasteiger partial charge in [0.25, 0.3) is 0 Å². The molecule has 2 aromatic carbocycles. The lowest BCUT2D eigenvalue weighted by Gasteiger charge is -2.12. The van der Waals surface area contributed by atoms with Gasteiger partial charge in [-0.15, -0.1) is 0 Å². The predicted octanol–water partition coefficient (Wildman–Crippen LogP) is 4.48. The quantitative estimate of drug-likeness (QED) is 0.322. The van der Waals surface area contributed by atoms with Gasteiger partial charge in [0.05, 0.1) is 16.8 Å². The number of carboxylic acids is 1. The number of alkyl halides is 3. The molecule has 174 valence electrons. The van der Waals surface area contributed by atoms with Crippen LogP contribution in [-0.2, 0) is 6.18 Å². The fourth-order valence-electron chi connectivity index (χ4n) is 3.29. The van der Waals surface area contributed by atoms with Gasteiger partial charge in [0.15, 0.2) is 5.82 Å². The fraction of sp³-hybridized carbons (Fsp3) is 0.0476. The lowest BCUT2D eigenvalue weighted by molar-refractivity contribution is -0.137. The minimum atomic E-state index is -4.71. The smallest absolute Gasteiger partial charge is 0.416 e. The van der Waals surface area contributed by atoms with Crippen molar-refractivity contribution in [2.45, 2.75) is 6.18 Å². The van der Waals surface area contributed by atoms with Crippen molar-refractivity contribution in [3.8, 4) is 11.1 Å². The molecule has 0 spiro atoms. The highest BCUT2D eigenvalue weighted by Crippen LogP contribution is 2.34. The molecule has 2 heterocycles. The number of halogens is 4. The molecule has 4 rings (SSSR count). The third kappa shape index (κ3) is 4.30. The average molecular weight is 474 g/mol. The number of hydrogen-bond acceptors (Lipinski definition) is 5. The lowest BCUT2D eigenvalue weighted by atomic mass is 10.0. The van der Waals surface area contributed by atoms with E-state index in [-0.39, 0.29) is 28.1 Å². The maximum Gasteiger partial charge on any atom is 0.416 e. The summed E-state index contributed by atoms with van der Waals surface area (Å²) in [5, 5.41) is 17.9. The second-order valence-electron chi connectivity index (χ2n) is 7.01. The molecule has 9 nitrogen and oxygen atoms in total. The summed E-state index contributed by atoms with van der Waals surface area (Å²) in [7, 11) is 0. The highest BCUT2D eigenvalue weighted by atomic mass is 19.4. The van der Waals surface area contributed by atoms with Gasteiger partial charge >= 0.3 is 18.2 Å². The third-order valence-corrected chi connectivity index (χ3v) is 4.81. The van der Waals surface area contributed by atoms with Crippen LogP contribution in [0.5, 0.6) is 0 Å². The van der Waals surface area contributed by atoms with Crippen LogP contribution in [0.15, 0.2) is 55.0 Å². The Bertz CT molecular complexity index is 1420. The Labute approximate surface area is 187 Å². The summed E-state index contributed by atoms with van der Waals surface area (Å²) in [6.07, 6.45) is -2.24. The Balaban J connectivity index is 1.58. The molecule has 0 radical (unpaired) electrons. The van der Waals surface area contributed by atoms with Crippen LogP contribution in [0, 0.1) is 5.82 Å². The summed E-state index contributed by atoms with van der Waals surface area (Å²) in [6.45, 7) is 0. The molecule has 0 aliphatic carbocycles. The maximum atomic E-state index is 13.9. The number of anilines is 3.